The topological polar surface area (TPSA) is 106 Å². The quantitative estimate of drug-likeness (QED) is 0.558. The zero-order valence-electron chi connectivity index (χ0n) is 16.2. The molecule has 0 aliphatic heterocycles. The number of nitrogens with one attached hydrogen (secondary N) is 2. The molecule has 3 aromatic heterocycles. The molecule has 0 unspecified atom stereocenters. The van der Waals surface area contributed by atoms with E-state index in [1.165, 1.54) is 6.20 Å². The van der Waals surface area contributed by atoms with Crippen LogP contribution in [-0.2, 0) is 7.05 Å². The molecule has 146 valence electrons. The molecule has 1 aromatic carbocycles. The van der Waals surface area contributed by atoms with E-state index in [9.17, 15) is 9.59 Å². The molecule has 9 nitrogen and oxygen atoms in total. The first-order chi connectivity index (χ1) is 13.9. The van der Waals surface area contributed by atoms with E-state index in [4.69, 9.17) is 0 Å². The summed E-state index contributed by atoms with van der Waals surface area (Å²) in [4.78, 5) is 29.3. The fourth-order valence-corrected chi connectivity index (χ4v) is 3.00. The Morgan fingerprint density at radius 2 is 1.62 bits per heavy atom. The first-order valence-electron chi connectivity index (χ1n) is 8.95. The minimum Gasteiger partial charge on any atom is -0.322 e. The molecule has 9 heteroatoms. The van der Waals surface area contributed by atoms with Crippen LogP contribution >= 0.6 is 0 Å². The number of fused-ring (bicyclic) bond motifs is 1. The molecule has 0 aliphatic carbocycles. The molecule has 0 saturated carbocycles. The van der Waals surface area contributed by atoms with Crippen molar-refractivity contribution in [3.05, 3.63) is 71.4 Å². The second-order valence-corrected chi connectivity index (χ2v) is 6.69. The van der Waals surface area contributed by atoms with Crippen molar-refractivity contribution in [3.8, 4) is 0 Å². The number of nitrogens with zero attached hydrogens (tertiary/aromatic N) is 5. The number of hydrogen-bond acceptors (Lipinski definition) is 5. The molecule has 4 rings (SSSR count). The molecule has 0 bridgehead atoms. The monoisotopic (exact) mass is 389 g/mol. The Morgan fingerprint density at radius 3 is 2.24 bits per heavy atom. The summed E-state index contributed by atoms with van der Waals surface area (Å²) >= 11 is 0. The number of aromatic nitrogens is 5. The van der Waals surface area contributed by atoms with Crippen LogP contribution in [0.4, 0.5) is 11.4 Å². The number of anilines is 2. The molecular weight excluding hydrogens is 370 g/mol. The highest BCUT2D eigenvalue weighted by atomic mass is 16.2. The second kappa shape index (κ2) is 7.19. The lowest BCUT2D eigenvalue weighted by Crippen LogP contribution is -2.14. The molecule has 4 aromatic rings. The van der Waals surface area contributed by atoms with Crippen molar-refractivity contribution in [1.29, 1.82) is 0 Å². The molecule has 0 fully saturated rings. The molecule has 2 amide bonds. The van der Waals surface area contributed by atoms with Crippen molar-refractivity contribution in [2.75, 3.05) is 10.6 Å². The van der Waals surface area contributed by atoms with Crippen molar-refractivity contribution < 1.29 is 9.59 Å². The molecule has 0 radical (unpaired) electrons. The lowest BCUT2D eigenvalue weighted by atomic mass is 10.2. The van der Waals surface area contributed by atoms with Crippen LogP contribution in [0, 0.1) is 13.8 Å². The lowest BCUT2D eigenvalue weighted by molar-refractivity contribution is 0.101. The predicted molar refractivity (Wildman–Crippen MR) is 108 cm³/mol. The summed E-state index contributed by atoms with van der Waals surface area (Å²) in [5.41, 5.74) is 4.15. The zero-order chi connectivity index (χ0) is 20.5. The van der Waals surface area contributed by atoms with Gasteiger partial charge in [-0.3, -0.25) is 14.3 Å². The third-order valence-corrected chi connectivity index (χ3v) is 4.37. The van der Waals surface area contributed by atoms with Crippen LogP contribution in [0.25, 0.3) is 5.65 Å². The smallest absolute Gasteiger partial charge is 0.276 e. The maximum absolute atomic E-state index is 12.7. The summed E-state index contributed by atoms with van der Waals surface area (Å²) in [5, 5.41) is 13.9. The maximum atomic E-state index is 12.7. The Balaban J connectivity index is 1.47. The summed E-state index contributed by atoms with van der Waals surface area (Å²) in [6, 6.07) is 10.4. The predicted octanol–water partition coefficient (Wildman–Crippen LogP) is 2.58. The minimum atomic E-state index is -0.303. The van der Waals surface area contributed by atoms with Crippen molar-refractivity contribution >= 4 is 28.8 Å². The van der Waals surface area contributed by atoms with Crippen LogP contribution in [0.2, 0.25) is 0 Å². The van der Waals surface area contributed by atoms with Gasteiger partial charge in [0.25, 0.3) is 11.8 Å². The van der Waals surface area contributed by atoms with E-state index in [0.29, 0.717) is 28.3 Å². The van der Waals surface area contributed by atoms with Crippen LogP contribution in [0.15, 0.2) is 48.8 Å². The van der Waals surface area contributed by atoms with Crippen LogP contribution < -0.4 is 10.6 Å². The second-order valence-electron chi connectivity index (χ2n) is 6.69. The summed E-state index contributed by atoms with van der Waals surface area (Å²) in [6.07, 6.45) is 3.21. The van der Waals surface area contributed by atoms with E-state index in [1.54, 1.807) is 52.8 Å². The molecule has 2 N–H and O–H groups in total. The van der Waals surface area contributed by atoms with Gasteiger partial charge in [-0.25, -0.2) is 9.50 Å². The third-order valence-electron chi connectivity index (χ3n) is 4.37. The SMILES string of the molecule is Cc1cc(C)n2ncc(C(=O)Nc3ccc(NC(=O)c4ccn(C)n4)cc3)c2n1. The van der Waals surface area contributed by atoms with E-state index in [2.05, 4.69) is 25.8 Å². The fraction of sp³-hybridized carbons (Fsp3) is 0.150. The van der Waals surface area contributed by atoms with Crippen LogP contribution in [0.5, 0.6) is 0 Å². The Bertz CT molecular complexity index is 1220. The number of aryl methyl sites for hydroxylation is 3. The third kappa shape index (κ3) is 3.70. The molecule has 0 atom stereocenters. The van der Waals surface area contributed by atoms with Gasteiger partial charge in [0.1, 0.15) is 5.56 Å². The highest BCUT2D eigenvalue weighted by Gasteiger charge is 2.16. The number of rotatable bonds is 4. The molecular formula is C20H19N7O2. The van der Waals surface area contributed by atoms with Crippen molar-refractivity contribution in [2.45, 2.75) is 13.8 Å². The van der Waals surface area contributed by atoms with Gasteiger partial charge in [-0.1, -0.05) is 0 Å². The molecule has 0 aliphatic rings. The molecule has 0 saturated heterocycles. The van der Waals surface area contributed by atoms with Gasteiger partial charge < -0.3 is 10.6 Å². The Kier molecular flexibility index (Phi) is 4.55. The van der Waals surface area contributed by atoms with Gasteiger partial charge in [0.05, 0.1) is 6.20 Å². The van der Waals surface area contributed by atoms with Crippen LogP contribution in [-0.4, -0.2) is 36.2 Å². The van der Waals surface area contributed by atoms with E-state index in [1.807, 2.05) is 19.9 Å². The molecule has 0 spiro atoms. The van der Waals surface area contributed by atoms with Gasteiger partial charge in [-0.05, 0) is 50.2 Å². The summed E-state index contributed by atoms with van der Waals surface area (Å²) in [7, 11) is 1.75. The number of hydrogen-bond donors (Lipinski definition) is 2. The van der Waals surface area contributed by atoms with Gasteiger partial charge in [0.15, 0.2) is 11.3 Å². The van der Waals surface area contributed by atoms with E-state index in [0.717, 1.165) is 11.4 Å². The average molecular weight is 389 g/mol. The van der Waals surface area contributed by atoms with Gasteiger partial charge >= 0.3 is 0 Å². The average Bonchev–Trinajstić information content (AvgIpc) is 3.30. The van der Waals surface area contributed by atoms with E-state index in [-0.39, 0.29) is 11.8 Å². The normalized spacial score (nSPS) is 10.9. The van der Waals surface area contributed by atoms with Gasteiger partial charge in [0.2, 0.25) is 0 Å². The van der Waals surface area contributed by atoms with Crippen LogP contribution in [0.3, 0.4) is 0 Å². The van der Waals surface area contributed by atoms with Gasteiger partial charge in [-0.15, -0.1) is 0 Å². The Morgan fingerprint density at radius 1 is 0.966 bits per heavy atom. The number of benzene rings is 1. The summed E-state index contributed by atoms with van der Waals surface area (Å²) in [6.45, 7) is 3.79. The Hall–Kier alpha value is -4.01. The van der Waals surface area contributed by atoms with Crippen molar-refractivity contribution in [1.82, 2.24) is 24.4 Å². The van der Waals surface area contributed by atoms with Crippen molar-refractivity contribution in [3.63, 3.8) is 0 Å². The molecule has 29 heavy (non-hydrogen) atoms. The van der Waals surface area contributed by atoms with Gasteiger partial charge in [0, 0.05) is 36.0 Å². The number of carbonyl (C=O) groups is 2. The van der Waals surface area contributed by atoms with E-state index < -0.39 is 0 Å². The number of carbonyl (C=O) groups excluding carboxylic acids is 2. The maximum Gasteiger partial charge on any atom is 0.276 e. The highest BCUT2D eigenvalue weighted by Crippen LogP contribution is 2.17. The van der Waals surface area contributed by atoms with Crippen molar-refractivity contribution in [2.24, 2.45) is 7.05 Å². The lowest BCUT2D eigenvalue weighted by Gasteiger charge is -2.07. The first-order valence-corrected chi connectivity index (χ1v) is 8.95. The van der Waals surface area contributed by atoms with Crippen LogP contribution in [0.1, 0.15) is 32.2 Å². The standard InChI is InChI=1S/C20H19N7O2/c1-12-10-13(2)27-18(22-12)16(11-21-27)19(28)23-14-4-6-15(7-5-14)24-20(29)17-8-9-26(3)25-17/h4-11H,1-3H3,(H,23,28)(H,24,29). The van der Waals surface area contributed by atoms with Gasteiger partial charge in [-0.2, -0.15) is 10.2 Å². The van der Waals surface area contributed by atoms with E-state index >= 15 is 0 Å². The zero-order valence-corrected chi connectivity index (χ0v) is 16.2. The largest absolute Gasteiger partial charge is 0.322 e. The highest BCUT2D eigenvalue weighted by molar-refractivity contribution is 6.08. The summed E-state index contributed by atoms with van der Waals surface area (Å²) < 4.78 is 3.20. The molecule has 3 heterocycles. The summed E-state index contributed by atoms with van der Waals surface area (Å²) in [5.74, 6) is -0.603. The first kappa shape index (κ1) is 18.4. The minimum absolute atomic E-state index is 0.300. The number of amides is 2. The fourth-order valence-electron chi connectivity index (χ4n) is 3.00. The Labute approximate surface area is 166 Å².